The molecule has 7 nitrogen and oxygen atoms in total. The first-order valence-electron chi connectivity index (χ1n) is 11.3. The van der Waals surface area contributed by atoms with Gasteiger partial charge in [0.1, 0.15) is 17.1 Å². The van der Waals surface area contributed by atoms with E-state index in [9.17, 15) is 9.59 Å². The number of rotatable bonds is 2. The molecule has 4 rings (SSSR count). The van der Waals surface area contributed by atoms with Gasteiger partial charge in [0.2, 0.25) is 5.91 Å². The number of hydrogen-bond donors (Lipinski definition) is 0. The molecule has 0 saturated heterocycles. The summed E-state index contributed by atoms with van der Waals surface area (Å²) in [5.41, 5.74) is 3.04. The number of carbonyl (C=O) groups excluding carboxylic acids is 2. The molecule has 0 spiro atoms. The summed E-state index contributed by atoms with van der Waals surface area (Å²) < 4.78 is 11.3. The SMILES string of the molecule is COc1ccc2oc(C)c(C(=O)N3CCN(C)CCCN(C(C)=O)c4ccccc4C3)c2c1. The number of ether oxygens (including phenoxy) is 1. The number of aryl methyl sites for hydroxylation is 1. The molecule has 1 aliphatic rings. The van der Waals surface area contributed by atoms with E-state index < -0.39 is 0 Å². The zero-order valence-electron chi connectivity index (χ0n) is 19.8. The maximum atomic E-state index is 13.9. The van der Waals surface area contributed by atoms with Gasteiger partial charge in [-0.25, -0.2) is 0 Å². The highest BCUT2D eigenvalue weighted by Gasteiger charge is 2.26. The number of anilines is 1. The number of nitrogens with zero attached hydrogens (tertiary/aromatic N) is 3. The van der Waals surface area contributed by atoms with Crippen molar-refractivity contribution in [2.45, 2.75) is 26.8 Å². The van der Waals surface area contributed by atoms with Crippen LogP contribution in [0.4, 0.5) is 5.69 Å². The molecule has 0 bridgehead atoms. The van der Waals surface area contributed by atoms with E-state index >= 15 is 0 Å². The topological polar surface area (TPSA) is 66.2 Å². The monoisotopic (exact) mass is 449 g/mol. The first kappa shape index (κ1) is 22.9. The number of carbonyl (C=O) groups is 2. The van der Waals surface area contributed by atoms with Gasteiger partial charge < -0.3 is 23.9 Å². The lowest BCUT2D eigenvalue weighted by Gasteiger charge is -2.27. The summed E-state index contributed by atoms with van der Waals surface area (Å²) >= 11 is 0. The van der Waals surface area contributed by atoms with E-state index in [1.54, 1.807) is 14.0 Å². The maximum Gasteiger partial charge on any atom is 0.258 e. The third kappa shape index (κ3) is 4.73. The second-order valence-corrected chi connectivity index (χ2v) is 8.58. The molecule has 0 saturated carbocycles. The Labute approximate surface area is 194 Å². The van der Waals surface area contributed by atoms with Crippen LogP contribution in [0.15, 0.2) is 46.9 Å². The summed E-state index contributed by atoms with van der Waals surface area (Å²) in [7, 11) is 3.66. The highest BCUT2D eigenvalue weighted by atomic mass is 16.5. The minimum Gasteiger partial charge on any atom is -0.497 e. The summed E-state index contributed by atoms with van der Waals surface area (Å²) in [5.74, 6) is 1.18. The largest absolute Gasteiger partial charge is 0.497 e. The van der Waals surface area contributed by atoms with Gasteiger partial charge in [-0.05, 0) is 56.8 Å². The zero-order chi connectivity index (χ0) is 23.5. The second-order valence-electron chi connectivity index (χ2n) is 8.58. The molecule has 1 aromatic heterocycles. The van der Waals surface area contributed by atoms with Crippen molar-refractivity contribution < 1.29 is 18.7 Å². The number of furan rings is 1. The van der Waals surface area contributed by atoms with E-state index in [0.717, 1.165) is 36.1 Å². The normalized spacial score (nSPS) is 15.8. The standard InChI is InChI=1S/C26H31N3O4/c1-18-25(22-16-21(32-4)10-11-24(22)33-18)26(31)28-15-14-27(3)12-7-13-29(19(2)30)23-9-6-5-8-20(23)17-28/h5-6,8-11,16H,7,12-15,17H2,1-4H3. The van der Waals surface area contributed by atoms with E-state index in [1.807, 2.05) is 59.2 Å². The molecular formula is C26H31N3O4. The van der Waals surface area contributed by atoms with Crippen molar-refractivity contribution in [1.82, 2.24) is 9.80 Å². The molecule has 33 heavy (non-hydrogen) atoms. The number of methoxy groups -OCH3 is 1. The van der Waals surface area contributed by atoms with Crippen molar-refractivity contribution >= 4 is 28.5 Å². The van der Waals surface area contributed by atoms with Crippen LogP contribution in [0.25, 0.3) is 11.0 Å². The maximum absolute atomic E-state index is 13.9. The molecule has 1 aliphatic heterocycles. The third-order valence-corrected chi connectivity index (χ3v) is 6.27. The number of fused-ring (bicyclic) bond motifs is 2. The second kappa shape index (κ2) is 9.67. The first-order valence-corrected chi connectivity index (χ1v) is 11.3. The molecule has 2 amide bonds. The van der Waals surface area contributed by atoms with Crippen LogP contribution in [0.5, 0.6) is 5.75 Å². The summed E-state index contributed by atoms with van der Waals surface area (Å²) in [5, 5.41) is 0.748. The summed E-state index contributed by atoms with van der Waals surface area (Å²) in [6, 6.07) is 13.4. The molecule has 0 fully saturated rings. The molecule has 0 N–H and O–H groups in total. The summed E-state index contributed by atoms with van der Waals surface area (Å²) in [6.07, 6.45) is 0.865. The highest BCUT2D eigenvalue weighted by molar-refractivity contribution is 6.07. The Balaban J connectivity index is 1.76. The lowest BCUT2D eigenvalue weighted by molar-refractivity contribution is -0.116. The number of benzene rings is 2. The average molecular weight is 450 g/mol. The lowest BCUT2D eigenvalue weighted by atomic mass is 10.1. The van der Waals surface area contributed by atoms with Crippen molar-refractivity contribution in [2.75, 3.05) is 45.2 Å². The Morgan fingerprint density at radius 1 is 1.03 bits per heavy atom. The molecule has 174 valence electrons. The van der Waals surface area contributed by atoms with Crippen molar-refractivity contribution in [3.05, 3.63) is 59.4 Å². The lowest BCUT2D eigenvalue weighted by Crippen LogP contribution is -2.37. The fraction of sp³-hybridized carbons (Fsp3) is 0.385. The fourth-order valence-electron chi connectivity index (χ4n) is 4.47. The number of likely N-dealkylation sites (N-methyl/N-ethyl adjacent to an activating group) is 1. The van der Waals surface area contributed by atoms with Crippen molar-refractivity contribution in [3.8, 4) is 5.75 Å². The zero-order valence-corrected chi connectivity index (χ0v) is 19.8. The number of amides is 2. The minimum atomic E-state index is -0.0867. The fourth-order valence-corrected chi connectivity index (χ4v) is 4.47. The van der Waals surface area contributed by atoms with Crippen molar-refractivity contribution in [2.24, 2.45) is 0 Å². The van der Waals surface area contributed by atoms with Gasteiger partial charge in [-0.3, -0.25) is 9.59 Å². The smallest absolute Gasteiger partial charge is 0.258 e. The van der Waals surface area contributed by atoms with E-state index in [1.165, 1.54) is 0 Å². The van der Waals surface area contributed by atoms with Crippen LogP contribution in [-0.4, -0.2) is 62.0 Å². The molecule has 0 aliphatic carbocycles. The van der Waals surface area contributed by atoms with Gasteiger partial charge in [-0.15, -0.1) is 0 Å². The predicted octanol–water partition coefficient (Wildman–Crippen LogP) is 4.08. The number of hydrogen-bond acceptors (Lipinski definition) is 5. The van der Waals surface area contributed by atoms with Gasteiger partial charge in [0.15, 0.2) is 0 Å². The van der Waals surface area contributed by atoms with Gasteiger partial charge >= 0.3 is 0 Å². The molecule has 7 heteroatoms. The van der Waals surface area contributed by atoms with Gasteiger partial charge in [0, 0.05) is 44.2 Å². The molecule has 2 aromatic carbocycles. The molecular weight excluding hydrogens is 418 g/mol. The average Bonchev–Trinajstić information content (AvgIpc) is 3.12. The van der Waals surface area contributed by atoms with Gasteiger partial charge in [-0.2, -0.15) is 0 Å². The van der Waals surface area contributed by atoms with Crippen molar-refractivity contribution in [3.63, 3.8) is 0 Å². The van der Waals surface area contributed by atoms with E-state index in [4.69, 9.17) is 9.15 Å². The summed E-state index contributed by atoms with van der Waals surface area (Å²) in [4.78, 5) is 32.2. The van der Waals surface area contributed by atoms with E-state index in [0.29, 0.717) is 42.3 Å². The number of para-hydroxylation sites is 1. The van der Waals surface area contributed by atoms with Crippen molar-refractivity contribution in [1.29, 1.82) is 0 Å². The summed E-state index contributed by atoms with van der Waals surface area (Å²) in [6.45, 7) is 6.63. The Morgan fingerprint density at radius 2 is 1.82 bits per heavy atom. The quantitative estimate of drug-likeness (QED) is 0.590. The van der Waals surface area contributed by atoms with Crippen LogP contribution in [0.1, 0.15) is 35.0 Å². The molecule has 2 heterocycles. The van der Waals surface area contributed by atoms with Crippen LogP contribution < -0.4 is 9.64 Å². The molecule has 3 aromatic rings. The van der Waals surface area contributed by atoms with Crippen LogP contribution in [0.2, 0.25) is 0 Å². The third-order valence-electron chi connectivity index (χ3n) is 6.27. The van der Waals surface area contributed by atoms with Crippen LogP contribution in [-0.2, 0) is 11.3 Å². The minimum absolute atomic E-state index is 0.00555. The van der Waals surface area contributed by atoms with Crippen LogP contribution in [0.3, 0.4) is 0 Å². The molecule has 0 radical (unpaired) electrons. The van der Waals surface area contributed by atoms with Gasteiger partial charge in [-0.1, -0.05) is 18.2 Å². The van der Waals surface area contributed by atoms with E-state index in [-0.39, 0.29) is 11.8 Å². The van der Waals surface area contributed by atoms with E-state index in [2.05, 4.69) is 11.9 Å². The van der Waals surface area contributed by atoms with Gasteiger partial charge in [0.05, 0.1) is 12.7 Å². The Bertz CT molecular complexity index is 1170. The van der Waals surface area contributed by atoms with Gasteiger partial charge in [0.25, 0.3) is 5.91 Å². The first-order chi connectivity index (χ1) is 15.9. The Morgan fingerprint density at radius 3 is 2.58 bits per heavy atom. The Hall–Kier alpha value is -3.32. The van der Waals surface area contributed by atoms with Crippen LogP contribution in [0, 0.1) is 6.92 Å². The Kier molecular flexibility index (Phi) is 6.70. The predicted molar refractivity (Wildman–Crippen MR) is 129 cm³/mol. The highest BCUT2D eigenvalue weighted by Crippen LogP contribution is 2.31. The molecule has 0 atom stereocenters. The van der Waals surface area contributed by atoms with Crippen LogP contribution >= 0.6 is 0 Å². The molecule has 0 unspecified atom stereocenters.